The number of hydrogen-bond acceptors (Lipinski definition) is 6. The lowest BCUT2D eigenvalue weighted by Crippen LogP contribution is -2.55. The van der Waals surface area contributed by atoms with Gasteiger partial charge in [-0.25, -0.2) is 9.78 Å². The Labute approximate surface area is 191 Å². The predicted octanol–water partition coefficient (Wildman–Crippen LogP) is 3.45. The zero-order valence-electron chi connectivity index (χ0n) is 19.4. The van der Waals surface area contributed by atoms with Crippen LogP contribution in [0.25, 0.3) is 0 Å². The molecule has 1 aromatic heterocycles. The van der Waals surface area contributed by atoms with Gasteiger partial charge in [0.2, 0.25) is 5.91 Å². The number of ether oxygens (including phenoxy) is 2. The number of alkyl carbamates (subject to hydrolysis) is 1. The number of halogens is 3. The van der Waals surface area contributed by atoms with Gasteiger partial charge < -0.3 is 24.6 Å². The molecule has 1 N–H and O–H groups in total. The second-order valence-corrected chi connectivity index (χ2v) is 9.30. The SMILES string of the molecule is CCOc1cc(C(F)(F)F)cnc1N1CCN(C(=O)C2CC(NC(=O)OC(C)(C)C)C2)CC1. The van der Waals surface area contributed by atoms with Crippen LogP contribution in [0.15, 0.2) is 12.3 Å². The Kier molecular flexibility index (Phi) is 7.28. The number of nitrogens with one attached hydrogen (secondary N) is 1. The van der Waals surface area contributed by atoms with Crippen molar-refractivity contribution < 1.29 is 32.2 Å². The lowest BCUT2D eigenvalue weighted by molar-refractivity contribution is -0.139. The number of pyridine rings is 1. The van der Waals surface area contributed by atoms with Crippen LogP contribution in [-0.4, -0.2) is 66.3 Å². The number of nitrogens with zero attached hydrogens (tertiary/aromatic N) is 3. The molecule has 0 unspecified atom stereocenters. The Balaban J connectivity index is 1.51. The van der Waals surface area contributed by atoms with E-state index in [0.717, 1.165) is 12.3 Å². The number of carbonyl (C=O) groups is 2. The highest BCUT2D eigenvalue weighted by molar-refractivity contribution is 5.80. The van der Waals surface area contributed by atoms with Crippen molar-refractivity contribution in [1.29, 1.82) is 0 Å². The normalized spacial score (nSPS) is 21.3. The Hall–Kier alpha value is -2.72. The minimum atomic E-state index is -4.50. The molecule has 3 rings (SSSR count). The van der Waals surface area contributed by atoms with Crippen molar-refractivity contribution in [2.24, 2.45) is 5.92 Å². The molecule has 33 heavy (non-hydrogen) atoms. The molecule has 0 atom stereocenters. The fourth-order valence-electron chi connectivity index (χ4n) is 3.90. The van der Waals surface area contributed by atoms with E-state index < -0.39 is 23.4 Å². The van der Waals surface area contributed by atoms with Gasteiger partial charge in [0.25, 0.3) is 0 Å². The van der Waals surface area contributed by atoms with Crippen LogP contribution in [0.5, 0.6) is 5.75 Å². The van der Waals surface area contributed by atoms with Crippen LogP contribution in [0.1, 0.15) is 46.1 Å². The molecule has 2 aliphatic rings. The molecule has 1 aliphatic carbocycles. The van der Waals surface area contributed by atoms with Crippen LogP contribution in [0, 0.1) is 5.92 Å². The summed E-state index contributed by atoms with van der Waals surface area (Å²) in [5, 5.41) is 2.78. The van der Waals surface area contributed by atoms with E-state index >= 15 is 0 Å². The van der Waals surface area contributed by atoms with Gasteiger partial charge in [-0.1, -0.05) is 0 Å². The minimum Gasteiger partial charge on any atom is -0.490 e. The third kappa shape index (κ3) is 6.42. The molecular weight excluding hydrogens is 441 g/mol. The Morgan fingerprint density at radius 1 is 1.15 bits per heavy atom. The van der Waals surface area contributed by atoms with Crippen molar-refractivity contribution in [2.75, 3.05) is 37.7 Å². The van der Waals surface area contributed by atoms with Gasteiger partial charge in [0.1, 0.15) is 5.60 Å². The molecule has 0 bridgehead atoms. The minimum absolute atomic E-state index is 0.0299. The first-order valence-electron chi connectivity index (χ1n) is 11.1. The van der Waals surface area contributed by atoms with Crippen LogP contribution >= 0.6 is 0 Å². The monoisotopic (exact) mass is 472 g/mol. The molecule has 0 radical (unpaired) electrons. The van der Waals surface area contributed by atoms with Crippen LogP contribution < -0.4 is 15.0 Å². The summed E-state index contributed by atoms with van der Waals surface area (Å²) >= 11 is 0. The average Bonchev–Trinajstić information content (AvgIpc) is 2.68. The van der Waals surface area contributed by atoms with Crippen molar-refractivity contribution >= 4 is 17.8 Å². The van der Waals surface area contributed by atoms with Crippen molar-refractivity contribution in [1.82, 2.24) is 15.2 Å². The molecule has 2 heterocycles. The molecule has 2 fully saturated rings. The summed E-state index contributed by atoms with van der Waals surface area (Å²) < 4.78 is 49.7. The summed E-state index contributed by atoms with van der Waals surface area (Å²) in [4.78, 5) is 32.3. The smallest absolute Gasteiger partial charge is 0.418 e. The molecule has 184 valence electrons. The molecule has 1 saturated carbocycles. The molecule has 8 nitrogen and oxygen atoms in total. The molecule has 0 spiro atoms. The third-order valence-electron chi connectivity index (χ3n) is 5.56. The van der Waals surface area contributed by atoms with Crippen LogP contribution in [0.4, 0.5) is 23.8 Å². The number of carbonyl (C=O) groups excluding carboxylic acids is 2. The molecule has 1 aliphatic heterocycles. The third-order valence-corrected chi connectivity index (χ3v) is 5.56. The molecule has 11 heteroatoms. The number of amides is 2. The van der Waals surface area contributed by atoms with Crippen molar-refractivity contribution in [3.63, 3.8) is 0 Å². The van der Waals surface area contributed by atoms with E-state index in [9.17, 15) is 22.8 Å². The van der Waals surface area contributed by atoms with Gasteiger partial charge in [-0.15, -0.1) is 0 Å². The zero-order chi connectivity index (χ0) is 24.4. The standard InChI is InChI=1S/C22H31F3N4O4/c1-5-32-17-12-15(22(23,24)25)13-26-18(17)28-6-8-29(9-7-28)19(30)14-10-16(11-14)27-20(31)33-21(2,3)4/h12-14,16H,5-11H2,1-4H3,(H,27,31). The quantitative estimate of drug-likeness (QED) is 0.707. The van der Waals surface area contributed by atoms with Crippen molar-refractivity contribution in [3.8, 4) is 5.75 Å². The maximum Gasteiger partial charge on any atom is 0.418 e. The molecule has 1 saturated heterocycles. The topological polar surface area (TPSA) is 84.0 Å². The fraction of sp³-hybridized carbons (Fsp3) is 0.682. The van der Waals surface area contributed by atoms with Gasteiger partial charge in [0.05, 0.1) is 12.2 Å². The number of aromatic nitrogens is 1. The van der Waals surface area contributed by atoms with E-state index in [1.807, 2.05) is 4.90 Å². The molecule has 2 amide bonds. The molecule has 0 aromatic carbocycles. The van der Waals surface area contributed by atoms with E-state index in [-0.39, 0.29) is 30.2 Å². The maximum atomic E-state index is 13.0. The van der Waals surface area contributed by atoms with Crippen molar-refractivity contribution in [2.45, 2.75) is 58.4 Å². The summed E-state index contributed by atoms with van der Waals surface area (Å²) in [6.45, 7) is 9.04. The number of alkyl halides is 3. The summed E-state index contributed by atoms with van der Waals surface area (Å²) in [7, 11) is 0. The van der Waals surface area contributed by atoms with Crippen LogP contribution in [0.3, 0.4) is 0 Å². The van der Waals surface area contributed by atoms with Gasteiger partial charge >= 0.3 is 12.3 Å². The van der Waals surface area contributed by atoms with Gasteiger partial charge in [0.15, 0.2) is 11.6 Å². The fourth-order valence-corrected chi connectivity index (χ4v) is 3.90. The lowest BCUT2D eigenvalue weighted by atomic mass is 9.79. The summed E-state index contributed by atoms with van der Waals surface area (Å²) in [6.07, 6.45) is -3.05. The second kappa shape index (κ2) is 9.64. The molecule has 1 aromatic rings. The number of piperazine rings is 1. The van der Waals surface area contributed by atoms with E-state index in [1.54, 1.807) is 32.6 Å². The van der Waals surface area contributed by atoms with Crippen LogP contribution in [0.2, 0.25) is 0 Å². The van der Waals surface area contributed by atoms with Gasteiger partial charge in [-0.2, -0.15) is 13.2 Å². The van der Waals surface area contributed by atoms with Gasteiger partial charge in [-0.05, 0) is 46.6 Å². The predicted molar refractivity (Wildman–Crippen MR) is 115 cm³/mol. The zero-order valence-corrected chi connectivity index (χ0v) is 19.4. The first-order chi connectivity index (χ1) is 15.4. The lowest BCUT2D eigenvalue weighted by Gasteiger charge is -2.41. The van der Waals surface area contributed by atoms with E-state index in [1.165, 1.54) is 0 Å². The Morgan fingerprint density at radius 2 is 1.79 bits per heavy atom. The van der Waals surface area contributed by atoms with Gasteiger partial charge in [0, 0.05) is 44.3 Å². The van der Waals surface area contributed by atoms with Crippen molar-refractivity contribution in [3.05, 3.63) is 17.8 Å². The highest BCUT2D eigenvalue weighted by atomic mass is 19.4. The largest absolute Gasteiger partial charge is 0.490 e. The van der Waals surface area contributed by atoms with E-state index in [2.05, 4.69) is 10.3 Å². The number of hydrogen-bond donors (Lipinski definition) is 1. The van der Waals surface area contributed by atoms with Crippen LogP contribution in [-0.2, 0) is 15.7 Å². The maximum absolute atomic E-state index is 13.0. The van der Waals surface area contributed by atoms with E-state index in [4.69, 9.17) is 9.47 Å². The first kappa shape index (κ1) is 24.9. The number of anilines is 1. The Bertz CT molecular complexity index is 858. The molecular formula is C22H31F3N4O4. The summed E-state index contributed by atoms with van der Waals surface area (Å²) in [5.74, 6) is 0.311. The highest BCUT2D eigenvalue weighted by Gasteiger charge is 2.39. The summed E-state index contributed by atoms with van der Waals surface area (Å²) in [6, 6.07) is 0.885. The average molecular weight is 473 g/mol. The number of rotatable bonds is 5. The highest BCUT2D eigenvalue weighted by Crippen LogP contribution is 2.36. The van der Waals surface area contributed by atoms with E-state index in [0.29, 0.717) is 44.8 Å². The summed E-state index contributed by atoms with van der Waals surface area (Å²) in [5.41, 5.74) is -1.43. The first-order valence-corrected chi connectivity index (χ1v) is 11.1. The second-order valence-electron chi connectivity index (χ2n) is 9.30. The Morgan fingerprint density at radius 3 is 2.33 bits per heavy atom. The van der Waals surface area contributed by atoms with Gasteiger partial charge in [-0.3, -0.25) is 4.79 Å².